The lowest BCUT2D eigenvalue weighted by Crippen LogP contribution is -2.30. The van der Waals surface area contributed by atoms with Crippen LogP contribution in [0.25, 0.3) is 0 Å². The second-order valence-electron chi connectivity index (χ2n) is 18.1. The molecule has 374 valence electrons. The van der Waals surface area contributed by atoms with Gasteiger partial charge in [-0.3, -0.25) is 14.4 Å². The van der Waals surface area contributed by atoms with E-state index in [4.69, 9.17) is 14.2 Å². The number of rotatable bonds is 49. The smallest absolute Gasteiger partial charge is 0.306 e. The zero-order chi connectivity index (χ0) is 47.2. The van der Waals surface area contributed by atoms with Crippen LogP contribution in [0.3, 0.4) is 0 Å². The van der Waals surface area contributed by atoms with Gasteiger partial charge in [0.15, 0.2) is 6.10 Å². The normalized spacial score (nSPS) is 12.6. The zero-order valence-corrected chi connectivity index (χ0v) is 42.7. The third kappa shape index (κ3) is 51.7. The van der Waals surface area contributed by atoms with Crippen LogP contribution >= 0.6 is 0 Å². The third-order valence-corrected chi connectivity index (χ3v) is 11.6. The number of unbranched alkanes of at least 4 members (excludes halogenated alkanes) is 26. The number of ether oxygens (including phenoxy) is 3. The van der Waals surface area contributed by atoms with Gasteiger partial charge in [-0.05, 0) is 103 Å². The van der Waals surface area contributed by atoms with Crippen molar-refractivity contribution >= 4 is 17.9 Å². The molecule has 1 atom stereocenters. The number of carbonyl (C=O) groups is 3. The van der Waals surface area contributed by atoms with Gasteiger partial charge in [0.05, 0.1) is 0 Å². The van der Waals surface area contributed by atoms with Crippen molar-refractivity contribution in [2.45, 2.75) is 271 Å². The summed E-state index contributed by atoms with van der Waals surface area (Å²) in [7, 11) is 0. The Morgan fingerprint density at radius 1 is 0.323 bits per heavy atom. The first-order chi connectivity index (χ1) is 32.0. The molecular weight excluding hydrogens is 805 g/mol. The van der Waals surface area contributed by atoms with E-state index in [2.05, 4.69) is 93.7 Å². The SMILES string of the molecule is CC/C=C\C/C=C\C/C=C\CCCCCCCCCC(=O)OCC(COC(=O)CCCCCCC/C=C\C/C=C\CCC)OC(=O)CCCCCCCCC/C=C\CCCCCCCC. The van der Waals surface area contributed by atoms with Crippen LogP contribution in [0.5, 0.6) is 0 Å². The van der Waals surface area contributed by atoms with Crippen molar-refractivity contribution in [1.29, 1.82) is 0 Å². The largest absolute Gasteiger partial charge is 0.462 e. The predicted octanol–water partition coefficient (Wildman–Crippen LogP) is 18.2. The highest BCUT2D eigenvalue weighted by molar-refractivity contribution is 5.71. The highest BCUT2D eigenvalue weighted by Crippen LogP contribution is 2.15. The maximum absolute atomic E-state index is 12.8. The van der Waals surface area contributed by atoms with Crippen LogP contribution in [0, 0.1) is 0 Å². The second-order valence-corrected chi connectivity index (χ2v) is 18.1. The fraction of sp³-hybridized carbons (Fsp3) is 0.746. The molecule has 1 unspecified atom stereocenters. The number of esters is 3. The van der Waals surface area contributed by atoms with Crippen LogP contribution in [0.15, 0.2) is 72.9 Å². The number of allylic oxidation sites excluding steroid dienone is 12. The van der Waals surface area contributed by atoms with Crippen molar-refractivity contribution in [1.82, 2.24) is 0 Å². The summed E-state index contributed by atoms with van der Waals surface area (Å²) in [4.78, 5) is 38.1. The monoisotopic (exact) mass is 907 g/mol. The van der Waals surface area contributed by atoms with E-state index < -0.39 is 6.10 Å². The first kappa shape index (κ1) is 61.9. The molecule has 0 radical (unpaired) electrons. The molecule has 0 aliphatic heterocycles. The summed E-state index contributed by atoms with van der Waals surface area (Å²) in [6.07, 6.45) is 67.4. The van der Waals surface area contributed by atoms with E-state index in [9.17, 15) is 14.4 Å². The second kappa shape index (κ2) is 53.5. The minimum absolute atomic E-state index is 0.0867. The van der Waals surface area contributed by atoms with Gasteiger partial charge in [-0.25, -0.2) is 0 Å². The molecule has 0 aliphatic rings. The van der Waals surface area contributed by atoms with E-state index in [-0.39, 0.29) is 31.1 Å². The van der Waals surface area contributed by atoms with Gasteiger partial charge in [0.1, 0.15) is 13.2 Å². The Morgan fingerprint density at radius 2 is 0.631 bits per heavy atom. The fourth-order valence-electron chi connectivity index (χ4n) is 7.55. The molecule has 0 aromatic rings. The van der Waals surface area contributed by atoms with Crippen molar-refractivity contribution in [2.24, 2.45) is 0 Å². The van der Waals surface area contributed by atoms with Crippen molar-refractivity contribution in [3.8, 4) is 0 Å². The lowest BCUT2D eigenvalue weighted by atomic mass is 10.1. The van der Waals surface area contributed by atoms with Gasteiger partial charge >= 0.3 is 17.9 Å². The van der Waals surface area contributed by atoms with Crippen LogP contribution in [-0.2, 0) is 28.6 Å². The van der Waals surface area contributed by atoms with Crippen molar-refractivity contribution < 1.29 is 28.6 Å². The summed E-state index contributed by atoms with van der Waals surface area (Å²) >= 11 is 0. The summed E-state index contributed by atoms with van der Waals surface area (Å²) in [5.41, 5.74) is 0. The van der Waals surface area contributed by atoms with E-state index in [1.165, 1.54) is 109 Å². The first-order valence-electron chi connectivity index (χ1n) is 27.4. The van der Waals surface area contributed by atoms with E-state index in [0.717, 1.165) is 116 Å². The van der Waals surface area contributed by atoms with Crippen LogP contribution in [0.1, 0.15) is 265 Å². The van der Waals surface area contributed by atoms with Gasteiger partial charge in [0.2, 0.25) is 0 Å². The number of hydrogen-bond donors (Lipinski definition) is 0. The average Bonchev–Trinajstić information content (AvgIpc) is 3.30. The third-order valence-electron chi connectivity index (χ3n) is 11.6. The van der Waals surface area contributed by atoms with Crippen LogP contribution in [0.4, 0.5) is 0 Å². The summed E-state index contributed by atoms with van der Waals surface area (Å²) < 4.78 is 16.8. The molecule has 0 bridgehead atoms. The molecule has 0 aliphatic carbocycles. The minimum atomic E-state index is -0.787. The van der Waals surface area contributed by atoms with Crippen molar-refractivity contribution in [2.75, 3.05) is 13.2 Å². The predicted molar refractivity (Wildman–Crippen MR) is 279 cm³/mol. The average molecular weight is 907 g/mol. The molecule has 0 aromatic heterocycles. The lowest BCUT2D eigenvalue weighted by Gasteiger charge is -2.18. The van der Waals surface area contributed by atoms with Gasteiger partial charge in [-0.15, -0.1) is 0 Å². The standard InChI is InChI=1S/C59H102O6/c1-4-7-10-13-16-19-22-25-27-29-31-34-37-40-43-46-49-52-58(61)64-55-56(54-63-57(60)51-48-45-42-39-36-33-24-21-18-15-12-9-6-3)65-59(62)53-50-47-44-41-38-35-32-30-28-26-23-20-17-14-11-8-5-2/h7,10,12,15-16,19,21,24-28,56H,4-6,8-9,11,13-14,17-18,20,22-23,29-55H2,1-3H3/b10-7-,15-12-,19-16-,24-21-,27-25-,28-26-. The Bertz CT molecular complexity index is 1230. The Morgan fingerprint density at radius 3 is 1.02 bits per heavy atom. The summed E-state index contributed by atoms with van der Waals surface area (Å²) in [6.45, 7) is 6.45. The first-order valence-corrected chi connectivity index (χ1v) is 27.4. The molecule has 0 N–H and O–H groups in total. The van der Waals surface area contributed by atoms with E-state index in [1.807, 2.05) is 0 Å². The molecule has 0 fully saturated rings. The topological polar surface area (TPSA) is 78.9 Å². The molecule has 0 amide bonds. The quantitative estimate of drug-likeness (QED) is 0.0262. The highest BCUT2D eigenvalue weighted by Gasteiger charge is 2.19. The minimum Gasteiger partial charge on any atom is -0.462 e. The van der Waals surface area contributed by atoms with Crippen molar-refractivity contribution in [3.63, 3.8) is 0 Å². The Hall–Kier alpha value is -3.15. The molecule has 0 heterocycles. The molecule has 6 nitrogen and oxygen atoms in total. The fourth-order valence-corrected chi connectivity index (χ4v) is 7.55. The Labute approximate surface area is 402 Å². The van der Waals surface area contributed by atoms with Crippen molar-refractivity contribution in [3.05, 3.63) is 72.9 Å². The maximum atomic E-state index is 12.8. The molecule has 0 aromatic carbocycles. The Kier molecular flexibility index (Phi) is 50.9. The van der Waals surface area contributed by atoms with E-state index in [1.54, 1.807) is 0 Å². The van der Waals surface area contributed by atoms with Crippen LogP contribution in [-0.4, -0.2) is 37.2 Å². The van der Waals surface area contributed by atoms with E-state index >= 15 is 0 Å². The zero-order valence-electron chi connectivity index (χ0n) is 42.7. The maximum Gasteiger partial charge on any atom is 0.306 e. The molecular formula is C59H102O6. The Balaban J connectivity index is 4.40. The molecule has 0 rings (SSSR count). The molecule has 0 saturated heterocycles. The molecule has 0 saturated carbocycles. The summed E-state index contributed by atoms with van der Waals surface area (Å²) in [5, 5.41) is 0. The summed E-state index contributed by atoms with van der Waals surface area (Å²) in [5.74, 6) is -0.909. The van der Waals surface area contributed by atoms with Gasteiger partial charge < -0.3 is 14.2 Å². The van der Waals surface area contributed by atoms with Crippen LogP contribution in [0.2, 0.25) is 0 Å². The number of carbonyl (C=O) groups excluding carboxylic acids is 3. The van der Waals surface area contributed by atoms with Gasteiger partial charge in [-0.1, -0.05) is 216 Å². The van der Waals surface area contributed by atoms with Gasteiger partial charge in [0.25, 0.3) is 0 Å². The van der Waals surface area contributed by atoms with Crippen LogP contribution < -0.4 is 0 Å². The van der Waals surface area contributed by atoms with E-state index in [0.29, 0.717) is 19.3 Å². The molecule has 0 spiro atoms. The lowest BCUT2D eigenvalue weighted by molar-refractivity contribution is -0.167. The molecule has 65 heavy (non-hydrogen) atoms. The van der Waals surface area contributed by atoms with Gasteiger partial charge in [0, 0.05) is 19.3 Å². The number of hydrogen-bond acceptors (Lipinski definition) is 6. The summed E-state index contributed by atoms with van der Waals surface area (Å²) in [6, 6.07) is 0. The van der Waals surface area contributed by atoms with Gasteiger partial charge in [-0.2, -0.15) is 0 Å². The highest BCUT2D eigenvalue weighted by atomic mass is 16.6. The molecule has 6 heteroatoms.